The van der Waals surface area contributed by atoms with E-state index in [0.29, 0.717) is 27.2 Å². The number of nitrogens with zero attached hydrogens (tertiary/aromatic N) is 4. The highest BCUT2D eigenvalue weighted by Crippen LogP contribution is 2.26. The number of hydrogen-bond acceptors (Lipinski definition) is 6. The van der Waals surface area contributed by atoms with Gasteiger partial charge in [-0.3, -0.25) is 14.9 Å². The van der Waals surface area contributed by atoms with Crippen molar-refractivity contribution in [2.45, 2.75) is 13.8 Å². The zero-order valence-corrected chi connectivity index (χ0v) is 18.2. The van der Waals surface area contributed by atoms with Crippen LogP contribution < -0.4 is 10.6 Å². The van der Waals surface area contributed by atoms with E-state index in [1.807, 2.05) is 23.6 Å². The zero-order valence-electron chi connectivity index (χ0n) is 16.6. The molecule has 0 aliphatic heterocycles. The van der Waals surface area contributed by atoms with Gasteiger partial charge in [0.05, 0.1) is 17.1 Å². The molecule has 0 saturated carbocycles. The summed E-state index contributed by atoms with van der Waals surface area (Å²) >= 11 is 7.35. The predicted molar refractivity (Wildman–Crippen MR) is 121 cm³/mol. The van der Waals surface area contributed by atoms with Crippen LogP contribution >= 0.6 is 22.9 Å². The second-order valence-corrected chi connectivity index (χ2v) is 7.96. The van der Waals surface area contributed by atoms with Gasteiger partial charge in [0.25, 0.3) is 5.91 Å². The average molecular weight is 453 g/mol. The summed E-state index contributed by atoms with van der Waals surface area (Å²) in [5.74, 6) is -0.526. The van der Waals surface area contributed by atoms with E-state index < -0.39 is 5.91 Å². The Morgan fingerprint density at radius 2 is 1.87 bits per heavy atom. The number of rotatable bonds is 5. The van der Waals surface area contributed by atoms with Gasteiger partial charge in [-0.2, -0.15) is 0 Å². The van der Waals surface area contributed by atoms with E-state index in [0.717, 1.165) is 11.3 Å². The summed E-state index contributed by atoms with van der Waals surface area (Å²) in [5.41, 5.74) is 3.80. The average Bonchev–Trinajstić information content (AvgIpc) is 3.35. The molecule has 0 unspecified atom stereocenters. The Hall–Kier alpha value is -3.56. The monoisotopic (exact) mass is 452 g/mol. The summed E-state index contributed by atoms with van der Waals surface area (Å²) in [6.07, 6.45) is 0. The molecule has 0 saturated heterocycles. The number of amides is 2. The Balaban J connectivity index is 1.49. The van der Waals surface area contributed by atoms with Crippen LogP contribution in [0.1, 0.15) is 23.1 Å². The van der Waals surface area contributed by atoms with Crippen molar-refractivity contribution in [3.05, 3.63) is 70.3 Å². The van der Waals surface area contributed by atoms with Gasteiger partial charge in [-0.05, 0) is 37.3 Å². The number of aromatic nitrogens is 4. The van der Waals surface area contributed by atoms with Crippen LogP contribution in [0, 0.1) is 6.92 Å². The summed E-state index contributed by atoms with van der Waals surface area (Å²) in [6.45, 7) is 3.22. The highest BCUT2D eigenvalue weighted by molar-refractivity contribution is 7.14. The van der Waals surface area contributed by atoms with Crippen LogP contribution in [0.25, 0.3) is 16.9 Å². The van der Waals surface area contributed by atoms with E-state index in [2.05, 4.69) is 25.9 Å². The Morgan fingerprint density at radius 3 is 2.58 bits per heavy atom. The molecule has 2 amide bonds. The topological polar surface area (TPSA) is 102 Å². The molecular weight excluding hydrogens is 436 g/mol. The highest BCUT2D eigenvalue weighted by atomic mass is 35.5. The van der Waals surface area contributed by atoms with Gasteiger partial charge in [0.2, 0.25) is 5.91 Å². The molecule has 2 aromatic carbocycles. The third-order valence-electron chi connectivity index (χ3n) is 4.39. The summed E-state index contributed by atoms with van der Waals surface area (Å²) in [7, 11) is 0. The Morgan fingerprint density at radius 1 is 1.10 bits per heavy atom. The quantitative estimate of drug-likeness (QED) is 0.462. The van der Waals surface area contributed by atoms with Crippen molar-refractivity contribution in [2.24, 2.45) is 0 Å². The van der Waals surface area contributed by atoms with Crippen molar-refractivity contribution in [3.63, 3.8) is 0 Å². The third kappa shape index (κ3) is 4.62. The van der Waals surface area contributed by atoms with Crippen molar-refractivity contribution >= 4 is 45.6 Å². The molecule has 4 aromatic rings. The highest BCUT2D eigenvalue weighted by Gasteiger charge is 2.19. The standard InChI is InChI=1S/C21H17ClN6O2S/c1-12-19(26-27-28(12)17-5-3-4-15(22)10-17)20(30)25-21-24-18(11-31-21)14-6-8-16(9-7-14)23-13(2)29/h3-11H,1-2H3,(H,23,29)(H,24,25,30). The number of carbonyl (C=O) groups is 2. The van der Waals surface area contributed by atoms with E-state index in [1.165, 1.54) is 18.3 Å². The first-order valence-corrected chi connectivity index (χ1v) is 10.5. The first kappa shape index (κ1) is 20.7. The van der Waals surface area contributed by atoms with Gasteiger partial charge in [-0.15, -0.1) is 16.4 Å². The van der Waals surface area contributed by atoms with Crippen LogP contribution in [-0.4, -0.2) is 31.8 Å². The number of thiazole rings is 1. The van der Waals surface area contributed by atoms with E-state index >= 15 is 0 Å². The van der Waals surface area contributed by atoms with Gasteiger partial charge in [0.15, 0.2) is 10.8 Å². The van der Waals surface area contributed by atoms with Crippen LogP contribution in [0.2, 0.25) is 5.02 Å². The molecule has 31 heavy (non-hydrogen) atoms. The molecule has 0 bridgehead atoms. The third-order valence-corrected chi connectivity index (χ3v) is 5.38. The van der Waals surface area contributed by atoms with Crippen LogP contribution in [0.3, 0.4) is 0 Å². The number of carbonyl (C=O) groups excluding carboxylic acids is 2. The lowest BCUT2D eigenvalue weighted by atomic mass is 10.1. The molecule has 2 aromatic heterocycles. The van der Waals surface area contributed by atoms with Crippen LogP contribution in [-0.2, 0) is 4.79 Å². The lowest BCUT2D eigenvalue weighted by molar-refractivity contribution is -0.114. The lowest BCUT2D eigenvalue weighted by Crippen LogP contribution is -2.14. The molecule has 0 aliphatic carbocycles. The van der Waals surface area contributed by atoms with Crippen molar-refractivity contribution in [2.75, 3.05) is 10.6 Å². The number of hydrogen-bond donors (Lipinski definition) is 2. The maximum Gasteiger partial charge on any atom is 0.279 e. The maximum atomic E-state index is 12.7. The number of halogens is 1. The SMILES string of the molecule is CC(=O)Nc1ccc(-c2csc(NC(=O)c3nnn(-c4cccc(Cl)c4)c3C)n2)cc1. The molecule has 0 aliphatic rings. The minimum atomic E-state index is -0.396. The fourth-order valence-electron chi connectivity index (χ4n) is 2.94. The lowest BCUT2D eigenvalue weighted by Gasteiger charge is -2.04. The van der Waals surface area contributed by atoms with Gasteiger partial charge in [-0.25, -0.2) is 9.67 Å². The predicted octanol–water partition coefficient (Wildman–Crippen LogP) is 4.56. The molecule has 156 valence electrons. The minimum absolute atomic E-state index is 0.131. The Labute approximate surface area is 186 Å². The molecule has 4 rings (SSSR count). The summed E-state index contributed by atoms with van der Waals surface area (Å²) in [6, 6.07) is 14.4. The Bertz CT molecular complexity index is 1270. The fourth-order valence-corrected chi connectivity index (χ4v) is 3.84. The second-order valence-electron chi connectivity index (χ2n) is 6.67. The first-order valence-electron chi connectivity index (χ1n) is 9.24. The zero-order chi connectivity index (χ0) is 22.0. The van der Waals surface area contributed by atoms with Crippen molar-refractivity contribution in [1.82, 2.24) is 20.0 Å². The van der Waals surface area contributed by atoms with Gasteiger partial charge in [-0.1, -0.05) is 35.0 Å². The van der Waals surface area contributed by atoms with Crippen molar-refractivity contribution in [3.8, 4) is 16.9 Å². The molecule has 2 heterocycles. The minimum Gasteiger partial charge on any atom is -0.326 e. The smallest absolute Gasteiger partial charge is 0.279 e. The first-order chi connectivity index (χ1) is 14.9. The fraction of sp³-hybridized carbons (Fsp3) is 0.0952. The molecule has 8 nitrogen and oxygen atoms in total. The molecule has 0 fully saturated rings. The summed E-state index contributed by atoms with van der Waals surface area (Å²) in [5, 5.41) is 16.4. The van der Waals surface area contributed by atoms with Crippen molar-refractivity contribution < 1.29 is 9.59 Å². The molecule has 2 N–H and O–H groups in total. The number of anilines is 2. The molecule has 0 radical (unpaired) electrons. The molecule has 0 atom stereocenters. The summed E-state index contributed by atoms with van der Waals surface area (Å²) in [4.78, 5) is 28.3. The van der Waals surface area contributed by atoms with E-state index in [-0.39, 0.29) is 11.6 Å². The second kappa shape index (κ2) is 8.66. The van der Waals surface area contributed by atoms with Crippen LogP contribution in [0.15, 0.2) is 53.9 Å². The van der Waals surface area contributed by atoms with Gasteiger partial charge >= 0.3 is 0 Å². The largest absolute Gasteiger partial charge is 0.326 e. The number of benzene rings is 2. The normalized spacial score (nSPS) is 10.7. The van der Waals surface area contributed by atoms with Gasteiger partial charge in [0, 0.05) is 28.6 Å². The van der Waals surface area contributed by atoms with Gasteiger partial charge < -0.3 is 5.32 Å². The van der Waals surface area contributed by atoms with E-state index in [9.17, 15) is 9.59 Å². The molecule has 0 spiro atoms. The van der Waals surface area contributed by atoms with E-state index in [4.69, 9.17) is 11.6 Å². The van der Waals surface area contributed by atoms with Gasteiger partial charge in [0.1, 0.15) is 0 Å². The van der Waals surface area contributed by atoms with Crippen LogP contribution in [0.4, 0.5) is 10.8 Å². The van der Waals surface area contributed by atoms with E-state index in [1.54, 1.807) is 41.9 Å². The van der Waals surface area contributed by atoms with Crippen LogP contribution in [0.5, 0.6) is 0 Å². The maximum absolute atomic E-state index is 12.7. The summed E-state index contributed by atoms with van der Waals surface area (Å²) < 4.78 is 1.56. The number of nitrogens with one attached hydrogen (secondary N) is 2. The molecule has 10 heteroatoms. The molecular formula is C21H17ClN6O2S. The van der Waals surface area contributed by atoms with Crippen molar-refractivity contribution in [1.29, 1.82) is 0 Å². The Kier molecular flexibility index (Phi) is 5.79.